The minimum Gasteiger partial charge on any atom is -0.443 e. The van der Waals surface area contributed by atoms with E-state index in [0.717, 1.165) is 0 Å². The summed E-state index contributed by atoms with van der Waals surface area (Å²) in [5, 5.41) is 11.9. The normalized spacial score (nSPS) is 12.6. The summed E-state index contributed by atoms with van der Waals surface area (Å²) < 4.78 is 47.8. The number of alkyl halides is 3. The van der Waals surface area contributed by atoms with E-state index in [1.807, 2.05) is 6.07 Å². The van der Waals surface area contributed by atoms with E-state index in [9.17, 15) is 23.2 Å². The standard InChI is InChI=1S/C16H16F3N3O3/c1-10(8-24-9-16(17,18)19)21-14(23)13-11(2)25-15(12(13)7-20)22-5-3-4-6-22/h3-6,10H,8-9H2,1-2H3,(H,21,23)/t10-/m0/s1. The highest BCUT2D eigenvalue weighted by atomic mass is 19.4. The Morgan fingerprint density at radius 1 is 1.44 bits per heavy atom. The summed E-state index contributed by atoms with van der Waals surface area (Å²) in [5.41, 5.74) is 0.100. The van der Waals surface area contributed by atoms with Gasteiger partial charge in [0.1, 0.15) is 29.6 Å². The molecule has 0 aliphatic rings. The van der Waals surface area contributed by atoms with Crippen molar-refractivity contribution in [2.75, 3.05) is 13.2 Å². The van der Waals surface area contributed by atoms with Gasteiger partial charge in [-0.3, -0.25) is 9.36 Å². The molecule has 0 saturated carbocycles. The average Bonchev–Trinajstić information content (AvgIpc) is 3.12. The fraction of sp³-hybridized carbons (Fsp3) is 0.375. The van der Waals surface area contributed by atoms with Crippen LogP contribution in [0.25, 0.3) is 5.88 Å². The van der Waals surface area contributed by atoms with Crippen molar-refractivity contribution in [3.05, 3.63) is 41.4 Å². The van der Waals surface area contributed by atoms with Crippen molar-refractivity contribution in [3.8, 4) is 12.0 Å². The quantitative estimate of drug-likeness (QED) is 0.864. The van der Waals surface area contributed by atoms with Gasteiger partial charge in [-0.15, -0.1) is 0 Å². The Morgan fingerprint density at radius 3 is 2.64 bits per heavy atom. The van der Waals surface area contributed by atoms with Gasteiger partial charge in [-0.2, -0.15) is 18.4 Å². The molecule has 0 unspecified atom stereocenters. The molecule has 25 heavy (non-hydrogen) atoms. The first-order valence-electron chi connectivity index (χ1n) is 7.35. The lowest BCUT2D eigenvalue weighted by Gasteiger charge is -2.15. The molecule has 0 saturated heterocycles. The van der Waals surface area contributed by atoms with Crippen molar-refractivity contribution >= 4 is 5.91 Å². The van der Waals surface area contributed by atoms with Gasteiger partial charge in [0.2, 0.25) is 5.88 Å². The number of nitrogens with one attached hydrogen (secondary N) is 1. The maximum atomic E-state index is 12.4. The molecule has 1 amide bonds. The summed E-state index contributed by atoms with van der Waals surface area (Å²) in [5.74, 6) is -0.170. The summed E-state index contributed by atoms with van der Waals surface area (Å²) >= 11 is 0. The lowest BCUT2D eigenvalue weighted by atomic mass is 10.1. The Balaban J connectivity index is 2.11. The predicted molar refractivity (Wildman–Crippen MR) is 81.3 cm³/mol. The molecular formula is C16H16F3N3O3. The number of hydrogen-bond acceptors (Lipinski definition) is 4. The van der Waals surface area contributed by atoms with E-state index in [1.165, 1.54) is 13.8 Å². The molecule has 0 aliphatic carbocycles. The number of ether oxygens (including phenoxy) is 1. The highest BCUT2D eigenvalue weighted by Crippen LogP contribution is 2.25. The fourth-order valence-electron chi connectivity index (χ4n) is 2.25. The maximum Gasteiger partial charge on any atom is 0.411 e. The van der Waals surface area contributed by atoms with E-state index in [-0.39, 0.29) is 29.4 Å². The Labute approximate surface area is 141 Å². The predicted octanol–water partition coefficient (Wildman–Crippen LogP) is 2.95. The second-order valence-corrected chi connectivity index (χ2v) is 5.42. The number of furan rings is 1. The number of aryl methyl sites for hydroxylation is 1. The van der Waals surface area contributed by atoms with Crippen molar-refractivity contribution in [2.45, 2.75) is 26.1 Å². The fourth-order valence-corrected chi connectivity index (χ4v) is 2.25. The van der Waals surface area contributed by atoms with Crippen LogP contribution in [0.15, 0.2) is 28.9 Å². The summed E-state index contributed by atoms with van der Waals surface area (Å²) in [6, 6.07) is 4.73. The zero-order valence-corrected chi connectivity index (χ0v) is 13.6. The maximum absolute atomic E-state index is 12.4. The molecule has 0 spiro atoms. The highest BCUT2D eigenvalue weighted by Gasteiger charge is 2.28. The molecule has 9 heteroatoms. The van der Waals surface area contributed by atoms with Gasteiger partial charge in [0.05, 0.1) is 6.61 Å². The lowest BCUT2D eigenvalue weighted by molar-refractivity contribution is -0.174. The first-order chi connectivity index (χ1) is 11.7. The molecule has 134 valence electrons. The summed E-state index contributed by atoms with van der Waals surface area (Å²) in [6.45, 7) is 1.34. The number of hydrogen-bond donors (Lipinski definition) is 1. The Morgan fingerprint density at radius 2 is 2.08 bits per heavy atom. The Kier molecular flexibility index (Phi) is 5.54. The molecule has 0 fully saturated rings. The molecule has 1 atom stereocenters. The zero-order valence-electron chi connectivity index (χ0n) is 13.6. The van der Waals surface area contributed by atoms with Gasteiger partial charge in [-0.05, 0) is 26.0 Å². The van der Waals surface area contributed by atoms with E-state index in [0.29, 0.717) is 0 Å². The molecule has 0 radical (unpaired) electrons. The average molecular weight is 355 g/mol. The first-order valence-corrected chi connectivity index (χ1v) is 7.35. The van der Waals surface area contributed by atoms with Gasteiger partial charge < -0.3 is 14.5 Å². The van der Waals surface area contributed by atoms with Gasteiger partial charge >= 0.3 is 6.18 Å². The molecule has 2 heterocycles. The van der Waals surface area contributed by atoms with Crippen LogP contribution in [0.3, 0.4) is 0 Å². The van der Waals surface area contributed by atoms with Crippen LogP contribution in [0.2, 0.25) is 0 Å². The second kappa shape index (κ2) is 7.44. The van der Waals surface area contributed by atoms with Crippen LogP contribution in [0, 0.1) is 18.3 Å². The van der Waals surface area contributed by atoms with Crippen LogP contribution in [-0.2, 0) is 4.74 Å². The van der Waals surface area contributed by atoms with Crippen LogP contribution in [-0.4, -0.2) is 35.9 Å². The topological polar surface area (TPSA) is 80.2 Å². The van der Waals surface area contributed by atoms with E-state index in [2.05, 4.69) is 10.1 Å². The highest BCUT2D eigenvalue weighted by molar-refractivity contribution is 5.98. The molecule has 0 bridgehead atoms. The molecular weight excluding hydrogens is 339 g/mol. The van der Waals surface area contributed by atoms with Crippen LogP contribution in [0.4, 0.5) is 13.2 Å². The zero-order chi connectivity index (χ0) is 18.6. The van der Waals surface area contributed by atoms with Gasteiger partial charge in [-0.1, -0.05) is 0 Å². The monoisotopic (exact) mass is 355 g/mol. The number of aromatic nitrogens is 1. The van der Waals surface area contributed by atoms with Crippen LogP contribution in [0.5, 0.6) is 0 Å². The second-order valence-electron chi connectivity index (χ2n) is 5.42. The molecule has 2 aromatic heterocycles. The third-order valence-electron chi connectivity index (χ3n) is 3.25. The number of nitriles is 1. The number of rotatable bonds is 6. The minimum atomic E-state index is -4.43. The number of amides is 1. The third-order valence-corrected chi connectivity index (χ3v) is 3.25. The van der Waals surface area contributed by atoms with E-state index < -0.39 is 24.7 Å². The van der Waals surface area contributed by atoms with Gasteiger partial charge in [0.15, 0.2) is 0 Å². The molecule has 2 aromatic rings. The third kappa shape index (κ3) is 4.64. The van der Waals surface area contributed by atoms with Crippen LogP contribution in [0.1, 0.15) is 28.6 Å². The molecule has 0 aromatic carbocycles. The van der Waals surface area contributed by atoms with Crippen molar-refractivity contribution in [1.29, 1.82) is 5.26 Å². The number of carbonyl (C=O) groups is 1. The minimum absolute atomic E-state index is 0.0499. The Bertz CT molecular complexity index is 773. The largest absolute Gasteiger partial charge is 0.443 e. The number of nitrogens with zero attached hydrogens (tertiary/aromatic N) is 2. The first kappa shape index (κ1) is 18.6. The van der Waals surface area contributed by atoms with Crippen molar-refractivity contribution in [3.63, 3.8) is 0 Å². The van der Waals surface area contributed by atoms with Gasteiger partial charge in [-0.25, -0.2) is 0 Å². The van der Waals surface area contributed by atoms with Crippen molar-refractivity contribution in [2.24, 2.45) is 0 Å². The molecule has 0 aliphatic heterocycles. The van der Waals surface area contributed by atoms with E-state index in [4.69, 9.17) is 4.42 Å². The van der Waals surface area contributed by atoms with E-state index >= 15 is 0 Å². The van der Waals surface area contributed by atoms with Crippen molar-refractivity contribution in [1.82, 2.24) is 9.88 Å². The van der Waals surface area contributed by atoms with Gasteiger partial charge in [0.25, 0.3) is 5.91 Å². The summed E-state index contributed by atoms with van der Waals surface area (Å²) in [6.07, 6.45) is -1.10. The molecule has 1 N–H and O–H groups in total. The smallest absolute Gasteiger partial charge is 0.411 e. The van der Waals surface area contributed by atoms with E-state index in [1.54, 1.807) is 29.1 Å². The van der Waals surface area contributed by atoms with Crippen LogP contribution >= 0.6 is 0 Å². The number of carbonyl (C=O) groups excluding carboxylic acids is 1. The number of halogens is 3. The summed E-state index contributed by atoms with van der Waals surface area (Å²) in [7, 11) is 0. The Hall–Kier alpha value is -2.73. The molecule has 2 rings (SSSR count). The summed E-state index contributed by atoms with van der Waals surface area (Å²) in [4.78, 5) is 12.4. The SMILES string of the molecule is Cc1oc(-n2cccc2)c(C#N)c1C(=O)N[C@@H](C)COCC(F)(F)F. The van der Waals surface area contributed by atoms with Crippen molar-refractivity contribution < 1.29 is 27.1 Å². The van der Waals surface area contributed by atoms with Gasteiger partial charge in [0, 0.05) is 18.4 Å². The lowest BCUT2D eigenvalue weighted by Crippen LogP contribution is -2.37. The molecule has 6 nitrogen and oxygen atoms in total. The van der Waals surface area contributed by atoms with Crippen LogP contribution < -0.4 is 5.32 Å².